The van der Waals surface area contributed by atoms with Crippen LogP contribution >= 0.6 is 11.6 Å². The van der Waals surface area contributed by atoms with E-state index >= 15 is 0 Å². The van der Waals surface area contributed by atoms with Crippen LogP contribution in [0.15, 0.2) is 24.3 Å². The number of rotatable bonds is 2. The van der Waals surface area contributed by atoms with Gasteiger partial charge in [0.25, 0.3) is 0 Å². The third-order valence-electron chi connectivity index (χ3n) is 3.21. The molecule has 0 radical (unpaired) electrons. The van der Waals surface area contributed by atoms with E-state index in [-0.39, 0.29) is 5.78 Å². The van der Waals surface area contributed by atoms with Crippen molar-refractivity contribution < 1.29 is 9.90 Å². The van der Waals surface area contributed by atoms with Crippen LogP contribution in [0.4, 0.5) is 0 Å². The van der Waals surface area contributed by atoms with E-state index in [1.54, 1.807) is 24.3 Å². The van der Waals surface area contributed by atoms with E-state index in [9.17, 15) is 9.90 Å². The van der Waals surface area contributed by atoms with Crippen molar-refractivity contribution in [2.75, 3.05) is 0 Å². The Bertz CT molecular complexity index is 377. The van der Waals surface area contributed by atoms with Gasteiger partial charge in [0.1, 0.15) is 5.60 Å². The van der Waals surface area contributed by atoms with Gasteiger partial charge in [-0.25, -0.2) is 0 Å². The van der Waals surface area contributed by atoms with Crippen LogP contribution in [-0.4, -0.2) is 16.5 Å². The Morgan fingerprint density at radius 2 is 1.69 bits per heavy atom. The van der Waals surface area contributed by atoms with Gasteiger partial charge in [-0.1, -0.05) is 30.9 Å². The topological polar surface area (TPSA) is 37.3 Å². The van der Waals surface area contributed by atoms with Crippen molar-refractivity contribution >= 4 is 17.4 Å². The molecule has 0 amide bonds. The van der Waals surface area contributed by atoms with E-state index in [0.717, 1.165) is 19.3 Å². The molecular weight excluding hydrogens is 224 g/mol. The lowest BCUT2D eigenvalue weighted by atomic mass is 9.79. The van der Waals surface area contributed by atoms with Crippen molar-refractivity contribution in [2.24, 2.45) is 0 Å². The van der Waals surface area contributed by atoms with Gasteiger partial charge >= 0.3 is 0 Å². The van der Waals surface area contributed by atoms with Gasteiger partial charge in [-0.3, -0.25) is 4.79 Å². The maximum absolute atomic E-state index is 12.1. The molecule has 1 fully saturated rings. The summed E-state index contributed by atoms with van der Waals surface area (Å²) in [5, 5.41) is 10.9. The number of hydrogen-bond acceptors (Lipinski definition) is 2. The fourth-order valence-corrected chi connectivity index (χ4v) is 2.36. The van der Waals surface area contributed by atoms with E-state index in [1.807, 2.05) is 0 Å². The number of halogens is 1. The van der Waals surface area contributed by atoms with Crippen molar-refractivity contribution in [2.45, 2.75) is 37.7 Å². The second-order valence-corrected chi connectivity index (χ2v) is 4.86. The molecule has 0 unspecified atom stereocenters. The molecule has 0 aromatic heterocycles. The number of ketones is 1. The molecule has 0 atom stereocenters. The van der Waals surface area contributed by atoms with E-state index < -0.39 is 5.60 Å². The van der Waals surface area contributed by atoms with Crippen molar-refractivity contribution in [3.8, 4) is 0 Å². The second kappa shape index (κ2) is 4.56. The Balaban J connectivity index is 2.20. The summed E-state index contributed by atoms with van der Waals surface area (Å²) in [5.74, 6) is -0.163. The van der Waals surface area contributed by atoms with Gasteiger partial charge in [-0.15, -0.1) is 0 Å². The van der Waals surface area contributed by atoms with E-state index in [1.165, 1.54) is 0 Å². The van der Waals surface area contributed by atoms with Gasteiger partial charge in [0.15, 0.2) is 5.78 Å². The minimum atomic E-state index is -1.15. The normalized spacial score (nSPS) is 19.4. The van der Waals surface area contributed by atoms with Crippen LogP contribution in [0.5, 0.6) is 0 Å². The Morgan fingerprint density at radius 1 is 1.12 bits per heavy atom. The third kappa shape index (κ3) is 2.28. The van der Waals surface area contributed by atoms with Crippen LogP contribution in [0.25, 0.3) is 0 Å². The first-order valence-corrected chi connectivity index (χ1v) is 6.02. The summed E-state index contributed by atoms with van der Waals surface area (Å²) < 4.78 is 0. The monoisotopic (exact) mass is 238 g/mol. The highest BCUT2D eigenvalue weighted by atomic mass is 35.5. The number of hydrogen-bond donors (Lipinski definition) is 1. The predicted octanol–water partition coefficient (Wildman–Crippen LogP) is 3.22. The summed E-state index contributed by atoms with van der Waals surface area (Å²) in [5.41, 5.74) is -0.597. The average Bonchev–Trinajstić information content (AvgIpc) is 2.30. The predicted molar refractivity (Wildman–Crippen MR) is 63.8 cm³/mol. The molecule has 3 heteroatoms. The minimum Gasteiger partial charge on any atom is -0.382 e. The van der Waals surface area contributed by atoms with Crippen molar-refractivity contribution in [1.29, 1.82) is 0 Å². The number of benzene rings is 1. The molecule has 2 nitrogen and oxygen atoms in total. The quantitative estimate of drug-likeness (QED) is 0.804. The van der Waals surface area contributed by atoms with Crippen molar-refractivity contribution in [1.82, 2.24) is 0 Å². The van der Waals surface area contributed by atoms with Gasteiger partial charge in [0.2, 0.25) is 0 Å². The molecule has 0 heterocycles. The molecule has 0 aliphatic heterocycles. The van der Waals surface area contributed by atoms with Gasteiger partial charge in [-0.05, 0) is 37.1 Å². The minimum absolute atomic E-state index is 0.163. The average molecular weight is 239 g/mol. The Labute approximate surface area is 100 Å². The molecule has 86 valence electrons. The molecule has 1 aromatic rings. The van der Waals surface area contributed by atoms with Crippen LogP contribution in [-0.2, 0) is 0 Å². The lowest BCUT2D eigenvalue weighted by Crippen LogP contribution is -2.40. The highest BCUT2D eigenvalue weighted by Gasteiger charge is 2.37. The zero-order chi connectivity index (χ0) is 11.6. The number of Topliss-reactive ketones (excluding diaryl/α,β-unsaturated/α-hetero) is 1. The van der Waals surface area contributed by atoms with Crippen LogP contribution < -0.4 is 0 Å². The molecule has 0 saturated heterocycles. The summed E-state index contributed by atoms with van der Waals surface area (Å²) >= 11 is 5.76. The Hall–Kier alpha value is -0.860. The fourth-order valence-electron chi connectivity index (χ4n) is 2.23. The molecule has 1 saturated carbocycles. The highest BCUT2D eigenvalue weighted by molar-refractivity contribution is 6.30. The largest absolute Gasteiger partial charge is 0.382 e. The maximum Gasteiger partial charge on any atom is 0.194 e. The number of carbonyl (C=O) groups is 1. The molecule has 1 aliphatic carbocycles. The second-order valence-electron chi connectivity index (χ2n) is 4.43. The molecule has 1 aliphatic rings. The van der Waals surface area contributed by atoms with E-state index in [0.29, 0.717) is 23.4 Å². The van der Waals surface area contributed by atoms with Gasteiger partial charge < -0.3 is 5.11 Å². The first-order valence-electron chi connectivity index (χ1n) is 5.65. The van der Waals surface area contributed by atoms with E-state index in [4.69, 9.17) is 11.6 Å². The number of aliphatic hydroxyl groups is 1. The maximum atomic E-state index is 12.1. The SMILES string of the molecule is O=C(c1ccc(Cl)cc1)C1(O)CCCCC1. The zero-order valence-corrected chi connectivity index (χ0v) is 9.83. The smallest absolute Gasteiger partial charge is 0.194 e. The first kappa shape index (κ1) is 11.6. The highest BCUT2D eigenvalue weighted by Crippen LogP contribution is 2.31. The molecule has 2 rings (SSSR count). The standard InChI is InChI=1S/C13H15ClO2/c14-11-6-4-10(5-7-11)12(15)13(16)8-2-1-3-9-13/h4-7,16H,1-3,8-9H2. The third-order valence-corrected chi connectivity index (χ3v) is 3.46. The lowest BCUT2D eigenvalue weighted by molar-refractivity contribution is 0.0116. The van der Waals surface area contributed by atoms with Crippen LogP contribution in [0.1, 0.15) is 42.5 Å². The summed E-state index contributed by atoms with van der Waals surface area (Å²) in [6.07, 6.45) is 4.12. The molecule has 0 spiro atoms. The Kier molecular flexibility index (Phi) is 3.31. The van der Waals surface area contributed by atoms with Gasteiger partial charge in [-0.2, -0.15) is 0 Å². The van der Waals surface area contributed by atoms with E-state index in [2.05, 4.69) is 0 Å². The zero-order valence-electron chi connectivity index (χ0n) is 9.08. The van der Waals surface area contributed by atoms with Crippen LogP contribution in [0, 0.1) is 0 Å². The van der Waals surface area contributed by atoms with Gasteiger partial charge in [0, 0.05) is 10.6 Å². The molecule has 1 aromatic carbocycles. The van der Waals surface area contributed by atoms with Crippen molar-refractivity contribution in [3.63, 3.8) is 0 Å². The summed E-state index contributed by atoms with van der Waals surface area (Å²) in [6, 6.07) is 6.72. The van der Waals surface area contributed by atoms with Gasteiger partial charge in [0.05, 0.1) is 0 Å². The molecule has 1 N–H and O–H groups in total. The van der Waals surface area contributed by atoms with Crippen molar-refractivity contribution in [3.05, 3.63) is 34.9 Å². The first-order chi connectivity index (χ1) is 7.62. The molecular formula is C13H15ClO2. The molecule has 0 bridgehead atoms. The summed E-state index contributed by atoms with van der Waals surface area (Å²) in [7, 11) is 0. The van der Waals surface area contributed by atoms with Crippen LogP contribution in [0.3, 0.4) is 0 Å². The fraction of sp³-hybridized carbons (Fsp3) is 0.462. The Morgan fingerprint density at radius 3 is 2.25 bits per heavy atom. The number of carbonyl (C=O) groups excluding carboxylic acids is 1. The summed E-state index contributed by atoms with van der Waals surface area (Å²) in [4.78, 5) is 12.1. The lowest BCUT2D eigenvalue weighted by Gasteiger charge is -2.30. The van der Waals surface area contributed by atoms with Crippen LogP contribution in [0.2, 0.25) is 5.02 Å². The summed E-state index contributed by atoms with van der Waals surface area (Å²) in [6.45, 7) is 0. The molecule has 16 heavy (non-hydrogen) atoms.